The van der Waals surface area contributed by atoms with Crippen molar-refractivity contribution in [1.29, 1.82) is 5.26 Å². The quantitative estimate of drug-likeness (QED) is 0.684. The van der Waals surface area contributed by atoms with Crippen LogP contribution < -0.4 is 5.32 Å². The number of unbranched alkanes of at least 4 members (excludes halogenated alkanes) is 1. The third-order valence-corrected chi connectivity index (χ3v) is 2.99. The van der Waals surface area contributed by atoms with E-state index in [0.29, 0.717) is 13.1 Å². The molecule has 0 spiro atoms. The summed E-state index contributed by atoms with van der Waals surface area (Å²) in [7, 11) is 0. The molecule has 0 saturated heterocycles. The molecule has 0 saturated carbocycles. The largest absolute Gasteiger partial charge is 0.441 e. The summed E-state index contributed by atoms with van der Waals surface area (Å²) in [6, 6.07) is 2.22. The van der Waals surface area contributed by atoms with Gasteiger partial charge in [0.1, 0.15) is 0 Å². The normalized spacial score (nSPS) is 12.5. The smallest absolute Gasteiger partial charge is 0.316 e. The summed E-state index contributed by atoms with van der Waals surface area (Å²) < 4.78 is 35.3. The first-order chi connectivity index (χ1) is 7.77. The third kappa shape index (κ3) is 11.8. The van der Waals surface area contributed by atoms with Crippen LogP contribution in [0.3, 0.4) is 0 Å². The highest BCUT2D eigenvalue weighted by molar-refractivity contribution is 8.00. The van der Waals surface area contributed by atoms with E-state index in [-0.39, 0.29) is 22.9 Å². The predicted molar refractivity (Wildman–Crippen MR) is 64.6 cm³/mol. The summed E-state index contributed by atoms with van der Waals surface area (Å²) in [4.78, 5) is 0. The fourth-order valence-electron chi connectivity index (χ4n) is 1.24. The molecule has 0 fully saturated rings. The van der Waals surface area contributed by atoms with Crippen molar-refractivity contribution in [1.82, 2.24) is 5.32 Å². The standard InChI is InChI=1S/C11H19F3N2S/c1-10(2,9-15)5-3-4-6-16-7-8-17-11(12,13)14/h16H,3-8H2,1-2H3. The van der Waals surface area contributed by atoms with Crippen molar-refractivity contribution < 1.29 is 13.2 Å². The molecule has 2 nitrogen and oxygen atoms in total. The van der Waals surface area contributed by atoms with Crippen LogP contribution in [0.5, 0.6) is 0 Å². The van der Waals surface area contributed by atoms with Crippen molar-refractivity contribution in [3.63, 3.8) is 0 Å². The second kappa shape index (κ2) is 7.83. The average Bonchev–Trinajstić information content (AvgIpc) is 2.20. The summed E-state index contributed by atoms with van der Waals surface area (Å²) in [5.41, 5.74) is -4.43. The Morgan fingerprint density at radius 2 is 1.82 bits per heavy atom. The molecule has 100 valence electrons. The molecule has 17 heavy (non-hydrogen) atoms. The summed E-state index contributed by atoms with van der Waals surface area (Å²) in [6.45, 7) is 4.85. The number of thioether (sulfide) groups is 1. The average molecular weight is 268 g/mol. The molecule has 0 aromatic rings. The van der Waals surface area contributed by atoms with Crippen LogP contribution >= 0.6 is 11.8 Å². The fraction of sp³-hybridized carbons (Fsp3) is 0.909. The molecule has 0 aliphatic rings. The molecule has 6 heteroatoms. The molecule has 0 aromatic carbocycles. The van der Waals surface area contributed by atoms with Crippen LogP contribution in [-0.4, -0.2) is 24.4 Å². The third-order valence-electron chi connectivity index (χ3n) is 2.25. The number of hydrogen-bond acceptors (Lipinski definition) is 3. The van der Waals surface area contributed by atoms with E-state index in [1.807, 2.05) is 13.8 Å². The van der Waals surface area contributed by atoms with Gasteiger partial charge in [0.2, 0.25) is 0 Å². The molecule has 0 heterocycles. The lowest BCUT2D eigenvalue weighted by Crippen LogP contribution is -2.20. The fourth-order valence-corrected chi connectivity index (χ4v) is 1.71. The Balaban J connectivity index is 3.29. The lowest BCUT2D eigenvalue weighted by Gasteiger charge is -2.14. The van der Waals surface area contributed by atoms with Gasteiger partial charge in [-0.25, -0.2) is 0 Å². The molecule has 0 bridgehead atoms. The zero-order valence-electron chi connectivity index (χ0n) is 10.2. The SMILES string of the molecule is CC(C)(C#N)CCCCNCCSC(F)(F)F. The van der Waals surface area contributed by atoms with Gasteiger partial charge < -0.3 is 5.32 Å². The van der Waals surface area contributed by atoms with Gasteiger partial charge in [0, 0.05) is 12.3 Å². The predicted octanol–water partition coefficient (Wildman–Crippen LogP) is 3.55. The Labute approximate surface area is 105 Å². The highest BCUT2D eigenvalue weighted by Gasteiger charge is 2.27. The first kappa shape index (κ1) is 16.6. The van der Waals surface area contributed by atoms with E-state index in [9.17, 15) is 13.2 Å². The lowest BCUT2D eigenvalue weighted by molar-refractivity contribution is -0.0327. The Morgan fingerprint density at radius 3 is 2.35 bits per heavy atom. The van der Waals surface area contributed by atoms with Crippen LogP contribution in [0.15, 0.2) is 0 Å². The molecule has 0 atom stereocenters. The summed E-state index contributed by atoms with van der Waals surface area (Å²) >= 11 is -0.000315. The van der Waals surface area contributed by atoms with Gasteiger partial charge in [-0.1, -0.05) is 6.42 Å². The Morgan fingerprint density at radius 1 is 1.18 bits per heavy atom. The van der Waals surface area contributed by atoms with Crippen LogP contribution in [0, 0.1) is 16.7 Å². The van der Waals surface area contributed by atoms with Crippen molar-refractivity contribution in [2.75, 3.05) is 18.8 Å². The maximum Gasteiger partial charge on any atom is 0.441 e. The monoisotopic (exact) mass is 268 g/mol. The molecule has 0 amide bonds. The number of rotatable bonds is 8. The van der Waals surface area contributed by atoms with Gasteiger partial charge in [-0.05, 0) is 45.0 Å². The van der Waals surface area contributed by atoms with E-state index in [4.69, 9.17) is 5.26 Å². The van der Waals surface area contributed by atoms with Crippen LogP contribution in [0.4, 0.5) is 13.2 Å². The molecule has 0 aromatic heterocycles. The minimum Gasteiger partial charge on any atom is -0.316 e. The highest BCUT2D eigenvalue weighted by atomic mass is 32.2. The van der Waals surface area contributed by atoms with Crippen molar-refractivity contribution >= 4 is 11.8 Å². The second-order valence-corrected chi connectivity index (χ2v) is 5.66. The van der Waals surface area contributed by atoms with Gasteiger partial charge in [-0.15, -0.1) is 0 Å². The van der Waals surface area contributed by atoms with Gasteiger partial charge in [0.05, 0.1) is 11.5 Å². The molecule has 0 rings (SSSR count). The van der Waals surface area contributed by atoms with Gasteiger partial charge in [-0.2, -0.15) is 18.4 Å². The summed E-state index contributed by atoms with van der Waals surface area (Å²) in [6.07, 6.45) is 2.63. The number of hydrogen-bond donors (Lipinski definition) is 1. The molecule has 0 radical (unpaired) electrons. The first-order valence-electron chi connectivity index (χ1n) is 5.59. The van der Waals surface area contributed by atoms with E-state index in [0.717, 1.165) is 19.3 Å². The topological polar surface area (TPSA) is 35.8 Å². The minimum absolute atomic E-state index is 0.000315. The minimum atomic E-state index is -4.13. The Kier molecular flexibility index (Phi) is 7.64. The van der Waals surface area contributed by atoms with E-state index >= 15 is 0 Å². The van der Waals surface area contributed by atoms with Crippen LogP contribution in [-0.2, 0) is 0 Å². The van der Waals surface area contributed by atoms with Crippen molar-refractivity contribution in [3.8, 4) is 6.07 Å². The van der Waals surface area contributed by atoms with E-state index in [1.165, 1.54) is 0 Å². The van der Waals surface area contributed by atoms with Gasteiger partial charge in [0.15, 0.2) is 0 Å². The van der Waals surface area contributed by atoms with Crippen molar-refractivity contribution in [3.05, 3.63) is 0 Å². The molecule has 0 aliphatic carbocycles. The lowest BCUT2D eigenvalue weighted by atomic mass is 9.89. The van der Waals surface area contributed by atoms with Crippen molar-refractivity contribution in [2.24, 2.45) is 5.41 Å². The van der Waals surface area contributed by atoms with Gasteiger partial charge in [-0.3, -0.25) is 0 Å². The van der Waals surface area contributed by atoms with E-state index in [2.05, 4.69) is 11.4 Å². The maximum atomic E-state index is 11.8. The van der Waals surface area contributed by atoms with Crippen LogP contribution in [0.1, 0.15) is 33.1 Å². The number of nitrogens with zero attached hydrogens (tertiary/aromatic N) is 1. The molecule has 1 N–H and O–H groups in total. The maximum absolute atomic E-state index is 11.8. The van der Waals surface area contributed by atoms with Crippen LogP contribution in [0.25, 0.3) is 0 Å². The summed E-state index contributed by atoms with van der Waals surface area (Å²) in [5.74, 6) is 0.0488. The molecular formula is C11H19F3N2S. The number of nitrogens with one attached hydrogen (secondary N) is 1. The zero-order valence-corrected chi connectivity index (χ0v) is 11.0. The number of nitriles is 1. The number of alkyl halides is 3. The molecule has 0 aliphatic heterocycles. The second-order valence-electron chi connectivity index (χ2n) is 4.50. The Hall–Kier alpha value is -0.410. The zero-order chi connectivity index (χ0) is 13.4. The van der Waals surface area contributed by atoms with Gasteiger partial charge >= 0.3 is 5.51 Å². The van der Waals surface area contributed by atoms with Gasteiger partial charge in [0.25, 0.3) is 0 Å². The first-order valence-corrected chi connectivity index (χ1v) is 6.58. The number of halogens is 3. The summed E-state index contributed by atoms with van der Waals surface area (Å²) in [5, 5.41) is 11.7. The van der Waals surface area contributed by atoms with E-state index < -0.39 is 5.51 Å². The van der Waals surface area contributed by atoms with Crippen LogP contribution in [0.2, 0.25) is 0 Å². The molecule has 0 unspecified atom stereocenters. The molecular weight excluding hydrogens is 249 g/mol. The Bertz CT molecular complexity index is 246. The highest BCUT2D eigenvalue weighted by Crippen LogP contribution is 2.29. The van der Waals surface area contributed by atoms with Crippen molar-refractivity contribution in [2.45, 2.75) is 38.6 Å². The van der Waals surface area contributed by atoms with E-state index in [1.54, 1.807) is 0 Å².